The van der Waals surface area contributed by atoms with Crippen LogP contribution in [-0.2, 0) is 11.3 Å². The number of hydrogen-bond donors (Lipinski definition) is 2. The van der Waals surface area contributed by atoms with Crippen LogP contribution in [0.5, 0.6) is 11.5 Å². The number of hydrogen-bond acceptors (Lipinski definition) is 4. The molecule has 1 aromatic rings. The zero-order valence-electron chi connectivity index (χ0n) is 14.1. The van der Waals surface area contributed by atoms with Crippen molar-refractivity contribution in [2.45, 2.75) is 26.8 Å². The van der Waals surface area contributed by atoms with Crippen LogP contribution in [0, 0.1) is 11.8 Å². The lowest BCUT2D eigenvalue weighted by atomic mass is 10.0. The van der Waals surface area contributed by atoms with Gasteiger partial charge in [0.05, 0.1) is 19.6 Å². The molecule has 1 aliphatic rings. The first kappa shape index (κ1) is 19.6. The topological polar surface area (TPSA) is 59.6 Å². The molecule has 0 aromatic heterocycles. The molecule has 0 saturated carbocycles. The van der Waals surface area contributed by atoms with E-state index in [9.17, 15) is 4.79 Å². The van der Waals surface area contributed by atoms with Crippen molar-refractivity contribution in [2.24, 2.45) is 11.8 Å². The Morgan fingerprint density at radius 1 is 1.35 bits per heavy atom. The molecule has 0 unspecified atom stereocenters. The van der Waals surface area contributed by atoms with Gasteiger partial charge in [-0.2, -0.15) is 0 Å². The lowest BCUT2D eigenvalue weighted by molar-refractivity contribution is -0.126. The molecular weight excluding hydrogens is 316 g/mol. The highest BCUT2D eigenvalue weighted by atomic mass is 35.5. The first-order valence-corrected chi connectivity index (χ1v) is 7.88. The Morgan fingerprint density at radius 3 is 2.65 bits per heavy atom. The van der Waals surface area contributed by atoms with Gasteiger partial charge in [-0.15, -0.1) is 12.4 Å². The molecule has 1 heterocycles. The van der Waals surface area contributed by atoms with Gasteiger partial charge in [0.15, 0.2) is 11.5 Å². The summed E-state index contributed by atoms with van der Waals surface area (Å²) in [4.78, 5) is 11.8. The van der Waals surface area contributed by atoms with E-state index in [2.05, 4.69) is 24.5 Å². The van der Waals surface area contributed by atoms with Crippen molar-refractivity contribution in [3.63, 3.8) is 0 Å². The summed E-state index contributed by atoms with van der Waals surface area (Å²) in [6.45, 7) is 7.08. The third kappa shape index (κ3) is 5.92. The quantitative estimate of drug-likeness (QED) is 0.761. The largest absolute Gasteiger partial charge is 0.493 e. The van der Waals surface area contributed by atoms with E-state index in [1.807, 2.05) is 18.2 Å². The predicted octanol–water partition coefficient (Wildman–Crippen LogP) is 2.38. The van der Waals surface area contributed by atoms with Gasteiger partial charge in [0.2, 0.25) is 5.91 Å². The van der Waals surface area contributed by atoms with Crippen LogP contribution in [0.4, 0.5) is 0 Å². The highest BCUT2D eigenvalue weighted by molar-refractivity contribution is 5.85. The molecule has 1 fully saturated rings. The summed E-state index contributed by atoms with van der Waals surface area (Å²) in [5, 5.41) is 6.05. The summed E-state index contributed by atoms with van der Waals surface area (Å²) in [6, 6.07) is 5.79. The first-order chi connectivity index (χ1) is 10.6. The minimum atomic E-state index is 0. The van der Waals surface area contributed by atoms with Gasteiger partial charge in [0, 0.05) is 19.6 Å². The van der Waals surface area contributed by atoms with Gasteiger partial charge in [0.1, 0.15) is 0 Å². The standard InChI is InChI=1S/C17H26N2O3.ClH/c1-12(2)6-7-22-15-5-4-13(8-16(15)21-3)9-19-17(20)14-10-18-11-14;/h4-5,8,12,14,18H,6-7,9-11H2,1-3H3,(H,19,20);1H. The molecule has 1 aliphatic heterocycles. The number of carbonyl (C=O) groups excluding carboxylic acids is 1. The van der Waals surface area contributed by atoms with Crippen molar-refractivity contribution < 1.29 is 14.3 Å². The smallest absolute Gasteiger partial charge is 0.225 e. The molecule has 130 valence electrons. The number of carbonyl (C=O) groups is 1. The summed E-state index contributed by atoms with van der Waals surface area (Å²) < 4.78 is 11.1. The van der Waals surface area contributed by atoms with E-state index in [1.165, 1.54) is 0 Å². The molecule has 0 atom stereocenters. The Balaban J connectivity index is 0.00000264. The Bertz CT molecular complexity index is 505. The number of halogens is 1. The van der Waals surface area contributed by atoms with Crippen molar-refractivity contribution in [1.29, 1.82) is 0 Å². The van der Waals surface area contributed by atoms with E-state index in [1.54, 1.807) is 7.11 Å². The van der Waals surface area contributed by atoms with Crippen LogP contribution in [0.1, 0.15) is 25.8 Å². The van der Waals surface area contributed by atoms with Crippen LogP contribution in [0.3, 0.4) is 0 Å². The van der Waals surface area contributed by atoms with E-state index in [0.717, 1.165) is 30.8 Å². The number of ether oxygens (including phenoxy) is 2. The lowest BCUT2D eigenvalue weighted by Crippen LogP contribution is -2.50. The fourth-order valence-electron chi connectivity index (χ4n) is 2.15. The Hall–Kier alpha value is -1.46. The molecule has 2 rings (SSSR count). The average Bonchev–Trinajstić information content (AvgIpc) is 2.43. The minimum Gasteiger partial charge on any atom is -0.493 e. The Labute approximate surface area is 144 Å². The third-order valence-electron chi connectivity index (χ3n) is 3.80. The van der Waals surface area contributed by atoms with E-state index in [-0.39, 0.29) is 24.2 Å². The van der Waals surface area contributed by atoms with E-state index in [4.69, 9.17) is 9.47 Å². The molecule has 5 nitrogen and oxygen atoms in total. The third-order valence-corrected chi connectivity index (χ3v) is 3.80. The average molecular weight is 343 g/mol. The zero-order valence-corrected chi connectivity index (χ0v) is 14.9. The number of methoxy groups -OCH3 is 1. The van der Waals surface area contributed by atoms with E-state index < -0.39 is 0 Å². The highest BCUT2D eigenvalue weighted by Crippen LogP contribution is 2.28. The molecule has 1 saturated heterocycles. The maximum atomic E-state index is 11.8. The van der Waals surface area contributed by atoms with Crippen LogP contribution >= 0.6 is 12.4 Å². The molecular formula is C17H27ClN2O3. The van der Waals surface area contributed by atoms with Crippen molar-refractivity contribution in [2.75, 3.05) is 26.8 Å². The molecule has 2 N–H and O–H groups in total. The Morgan fingerprint density at radius 2 is 2.09 bits per heavy atom. The maximum Gasteiger partial charge on any atom is 0.225 e. The van der Waals surface area contributed by atoms with Crippen LogP contribution in [-0.4, -0.2) is 32.7 Å². The van der Waals surface area contributed by atoms with Crippen molar-refractivity contribution in [3.8, 4) is 11.5 Å². The monoisotopic (exact) mass is 342 g/mol. The van der Waals surface area contributed by atoms with Crippen LogP contribution in [0.2, 0.25) is 0 Å². The van der Waals surface area contributed by atoms with Crippen molar-refractivity contribution in [1.82, 2.24) is 10.6 Å². The fraction of sp³-hybridized carbons (Fsp3) is 0.588. The van der Waals surface area contributed by atoms with Crippen molar-refractivity contribution >= 4 is 18.3 Å². The summed E-state index contributed by atoms with van der Waals surface area (Å²) in [6.07, 6.45) is 1.01. The predicted molar refractivity (Wildman–Crippen MR) is 93.4 cm³/mol. The zero-order chi connectivity index (χ0) is 15.9. The summed E-state index contributed by atoms with van der Waals surface area (Å²) in [5.41, 5.74) is 1.01. The maximum absolute atomic E-state index is 11.8. The normalized spacial score (nSPS) is 13.9. The van der Waals surface area contributed by atoms with Gasteiger partial charge in [-0.3, -0.25) is 4.79 Å². The number of amides is 1. The molecule has 1 aromatic carbocycles. The molecule has 23 heavy (non-hydrogen) atoms. The lowest BCUT2D eigenvalue weighted by Gasteiger charge is -2.25. The van der Waals surface area contributed by atoms with Gasteiger partial charge in [-0.05, 0) is 30.0 Å². The number of nitrogens with one attached hydrogen (secondary N) is 2. The molecule has 0 radical (unpaired) electrons. The molecule has 6 heteroatoms. The number of rotatable bonds is 8. The van der Waals surface area contributed by atoms with Gasteiger partial charge < -0.3 is 20.1 Å². The minimum absolute atomic E-state index is 0. The Kier molecular flexibility index (Phi) is 8.20. The SMILES string of the molecule is COc1cc(CNC(=O)C2CNC2)ccc1OCCC(C)C.Cl. The van der Waals surface area contributed by atoms with Gasteiger partial charge in [-0.25, -0.2) is 0 Å². The summed E-state index contributed by atoms with van der Waals surface area (Å²) in [7, 11) is 1.63. The van der Waals surface area contributed by atoms with E-state index >= 15 is 0 Å². The van der Waals surface area contributed by atoms with Gasteiger partial charge in [0.25, 0.3) is 0 Å². The number of benzene rings is 1. The second kappa shape index (κ2) is 9.63. The molecule has 1 amide bonds. The van der Waals surface area contributed by atoms with Gasteiger partial charge >= 0.3 is 0 Å². The second-order valence-corrected chi connectivity index (χ2v) is 6.09. The van der Waals surface area contributed by atoms with Crippen LogP contribution in [0.15, 0.2) is 18.2 Å². The van der Waals surface area contributed by atoms with Gasteiger partial charge in [-0.1, -0.05) is 19.9 Å². The summed E-state index contributed by atoms with van der Waals surface area (Å²) >= 11 is 0. The summed E-state index contributed by atoms with van der Waals surface area (Å²) in [5.74, 6) is 2.29. The van der Waals surface area contributed by atoms with E-state index in [0.29, 0.717) is 24.8 Å². The van der Waals surface area contributed by atoms with Crippen molar-refractivity contribution in [3.05, 3.63) is 23.8 Å². The molecule has 0 bridgehead atoms. The molecule has 0 aliphatic carbocycles. The van der Waals surface area contributed by atoms with Crippen LogP contribution in [0.25, 0.3) is 0 Å². The van der Waals surface area contributed by atoms with Crippen LogP contribution < -0.4 is 20.1 Å². The first-order valence-electron chi connectivity index (χ1n) is 7.88. The highest BCUT2D eigenvalue weighted by Gasteiger charge is 2.24. The molecule has 0 spiro atoms. The second-order valence-electron chi connectivity index (χ2n) is 6.09. The fourth-order valence-corrected chi connectivity index (χ4v) is 2.15.